The molecule has 1 aliphatic carbocycles. The van der Waals surface area contributed by atoms with Crippen LogP contribution in [0.3, 0.4) is 0 Å². The monoisotopic (exact) mass is 394 g/mol. The number of fused-ring (bicyclic) bond motifs is 7. The Kier molecular flexibility index (Phi) is 4.85. The van der Waals surface area contributed by atoms with Crippen LogP contribution in [0.5, 0.6) is 0 Å². The summed E-state index contributed by atoms with van der Waals surface area (Å²) >= 11 is 0. The van der Waals surface area contributed by atoms with Crippen LogP contribution in [0, 0.1) is 0 Å². The van der Waals surface area contributed by atoms with E-state index < -0.39 is 0 Å². The summed E-state index contributed by atoms with van der Waals surface area (Å²) in [6.45, 7) is 6.69. The van der Waals surface area contributed by atoms with E-state index >= 15 is 0 Å². The normalized spacial score (nSPS) is 17.7. The molecular formula is C28H30N2. The Morgan fingerprint density at radius 3 is 2.07 bits per heavy atom. The molecule has 0 heterocycles. The molecule has 5 rings (SSSR count). The summed E-state index contributed by atoms with van der Waals surface area (Å²) in [6.07, 6.45) is 2.09. The highest BCUT2D eigenvalue weighted by Gasteiger charge is 2.34. The van der Waals surface area contributed by atoms with Crippen LogP contribution in [0.4, 0.5) is 0 Å². The van der Waals surface area contributed by atoms with Crippen LogP contribution >= 0.6 is 0 Å². The summed E-state index contributed by atoms with van der Waals surface area (Å²) in [6, 6.07) is 27.6. The van der Waals surface area contributed by atoms with Crippen LogP contribution in [0.15, 0.2) is 72.8 Å². The standard InChI is InChI=1S/C28H30N2/c1-4-18(2)30(19(3)29)26-17-22-14-13-20-9-5-7-11-23(20)27(22)28-24-12-8-6-10-21(24)15-16-25(26)28/h5-16,18-19,26H,4,17,29H2,1-3H3/t18?,19-,26?/m0/s1. The number of nitrogens with two attached hydrogens (primary N) is 1. The Morgan fingerprint density at radius 2 is 1.43 bits per heavy atom. The molecule has 0 bridgehead atoms. The van der Waals surface area contributed by atoms with Crippen molar-refractivity contribution in [2.45, 2.75) is 51.9 Å². The van der Waals surface area contributed by atoms with Crippen molar-refractivity contribution < 1.29 is 0 Å². The van der Waals surface area contributed by atoms with Crippen molar-refractivity contribution in [1.29, 1.82) is 0 Å². The molecule has 0 radical (unpaired) electrons. The average Bonchev–Trinajstić information content (AvgIpc) is 2.78. The highest BCUT2D eigenvalue weighted by atomic mass is 15.3. The van der Waals surface area contributed by atoms with Gasteiger partial charge in [-0.2, -0.15) is 0 Å². The summed E-state index contributed by atoms with van der Waals surface area (Å²) in [5, 5.41) is 5.29. The molecule has 0 aliphatic heterocycles. The molecule has 2 nitrogen and oxygen atoms in total. The Morgan fingerprint density at radius 1 is 0.833 bits per heavy atom. The molecule has 2 heteroatoms. The van der Waals surface area contributed by atoms with Crippen molar-refractivity contribution in [1.82, 2.24) is 4.90 Å². The second kappa shape index (κ2) is 7.54. The van der Waals surface area contributed by atoms with Crippen molar-refractivity contribution in [2.75, 3.05) is 0 Å². The topological polar surface area (TPSA) is 29.3 Å². The maximum atomic E-state index is 6.55. The van der Waals surface area contributed by atoms with Crippen molar-refractivity contribution in [3.05, 3.63) is 83.9 Å². The molecule has 0 amide bonds. The fourth-order valence-corrected chi connectivity index (χ4v) is 5.41. The van der Waals surface area contributed by atoms with Gasteiger partial charge in [-0.1, -0.05) is 79.7 Å². The largest absolute Gasteiger partial charge is 0.316 e. The molecule has 2 N–H and O–H groups in total. The van der Waals surface area contributed by atoms with E-state index in [4.69, 9.17) is 5.73 Å². The molecule has 0 aromatic heterocycles. The number of nitrogens with zero attached hydrogens (tertiary/aromatic N) is 1. The number of rotatable bonds is 4. The summed E-state index contributed by atoms with van der Waals surface area (Å²) in [7, 11) is 0. The van der Waals surface area contributed by atoms with E-state index in [0.717, 1.165) is 12.8 Å². The van der Waals surface area contributed by atoms with E-state index in [0.29, 0.717) is 6.04 Å². The number of hydrogen-bond donors (Lipinski definition) is 1. The second-order valence-electron chi connectivity index (χ2n) is 8.74. The minimum Gasteiger partial charge on any atom is -0.316 e. The second-order valence-corrected chi connectivity index (χ2v) is 8.74. The van der Waals surface area contributed by atoms with Crippen LogP contribution in [0.1, 0.15) is 44.4 Å². The highest BCUT2D eigenvalue weighted by Crippen LogP contribution is 2.48. The fraction of sp³-hybridized carbons (Fsp3) is 0.286. The van der Waals surface area contributed by atoms with Gasteiger partial charge in [-0.05, 0) is 70.5 Å². The molecule has 152 valence electrons. The van der Waals surface area contributed by atoms with Crippen molar-refractivity contribution >= 4 is 21.5 Å². The van der Waals surface area contributed by atoms with E-state index in [9.17, 15) is 0 Å². The summed E-state index contributed by atoms with van der Waals surface area (Å²) in [5.74, 6) is 0. The van der Waals surface area contributed by atoms with Crippen LogP contribution in [-0.4, -0.2) is 17.1 Å². The molecule has 0 saturated carbocycles. The zero-order valence-electron chi connectivity index (χ0n) is 18.1. The van der Waals surface area contributed by atoms with Gasteiger partial charge < -0.3 is 5.73 Å². The first-order valence-electron chi connectivity index (χ1n) is 11.2. The minimum atomic E-state index is 0.00581. The molecule has 30 heavy (non-hydrogen) atoms. The molecule has 0 saturated heterocycles. The Labute approximate surface area is 179 Å². The van der Waals surface area contributed by atoms with E-state index in [-0.39, 0.29) is 12.2 Å². The maximum Gasteiger partial charge on any atom is 0.0551 e. The highest BCUT2D eigenvalue weighted by molar-refractivity contribution is 6.08. The Bertz CT molecular complexity index is 1220. The lowest BCUT2D eigenvalue weighted by molar-refractivity contribution is 0.0930. The average molecular weight is 395 g/mol. The molecule has 0 spiro atoms. The van der Waals surface area contributed by atoms with Gasteiger partial charge in [0, 0.05) is 12.1 Å². The predicted octanol–water partition coefficient (Wildman–Crippen LogP) is 6.66. The van der Waals surface area contributed by atoms with Gasteiger partial charge in [0.15, 0.2) is 0 Å². The molecular weight excluding hydrogens is 364 g/mol. The smallest absolute Gasteiger partial charge is 0.0551 e. The van der Waals surface area contributed by atoms with Crippen LogP contribution in [-0.2, 0) is 6.42 Å². The van der Waals surface area contributed by atoms with Gasteiger partial charge in [0.05, 0.1) is 6.17 Å². The first-order chi connectivity index (χ1) is 14.6. The lowest BCUT2D eigenvalue weighted by Crippen LogP contribution is -2.48. The quantitative estimate of drug-likeness (QED) is 0.392. The molecule has 1 aliphatic rings. The van der Waals surface area contributed by atoms with Crippen LogP contribution < -0.4 is 5.73 Å². The van der Waals surface area contributed by atoms with Crippen molar-refractivity contribution in [2.24, 2.45) is 5.73 Å². The summed E-state index contributed by atoms with van der Waals surface area (Å²) in [5.41, 5.74) is 12.2. The fourth-order valence-electron chi connectivity index (χ4n) is 5.41. The first kappa shape index (κ1) is 19.3. The van der Waals surface area contributed by atoms with E-state index in [2.05, 4.69) is 98.5 Å². The summed E-state index contributed by atoms with van der Waals surface area (Å²) < 4.78 is 0. The number of hydrogen-bond acceptors (Lipinski definition) is 2. The van der Waals surface area contributed by atoms with E-state index in [1.54, 1.807) is 0 Å². The zero-order chi connectivity index (χ0) is 20.8. The van der Waals surface area contributed by atoms with Crippen molar-refractivity contribution in [3.8, 4) is 11.1 Å². The van der Waals surface area contributed by atoms with Gasteiger partial charge in [-0.15, -0.1) is 0 Å². The zero-order valence-corrected chi connectivity index (χ0v) is 18.1. The molecule has 0 fully saturated rings. The van der Waals surface area contributed by atoms with Gasteiger partial charge in [-0.3, -0.25) is 4.90 Å². The number of benzene rings is 4. The van der Waals surface area contributed by atoms with Gasteiger partial charge in [-0.25, -0.2) is 0 Å². The molecule has 4 aromatic carbocycles. The SMILES string of the molecule is CCC(C)N(C1Cc2ccc3ccccc3c2-c2c1ccc1ccccc21)[C@@H](C)N. The Hall–Kier alpha value is -2.68. The van der Waals surface area contributed by atoms with Gasteiger partial charge >= 0.3 is 0 Å². The minimum absolute atomic E-state index is 0.00581. The van der Waals surface area contributed by atoms with Gasteiger partial charge in [0.1, 0.15) is 0 Å². The van der Waals surface area contributed by atoms with Gasteiger partial charge in [0.2, 0.25) is 0 Å². The summed E-state index contributed by atoms with van der Waals surface area (Å²) in [4.78, 5) is 2.52. The predicted molar refractivity (Wildman–Crippen MR) is 129 cm³/mol. The van der Waals surface area contributed by atoms with Gasteiger partial charge in [0.25, 0.3) is 0 Å². The third kappa shape index (κ3) is 2.94. The first-order valence-corrected chi connectivity index (χ1v) is 11.2. The van der Waals surface area contributed by atoms with E-state index in [1.807, 2.05) is 0 Å². The van der Waals surface area contributed by atoms with Crippen molar-refractivity contribution in [3.63, 3.8) is 0 Å². The van der Waals surface area contributed by atoms with Crippen LogP contribution in [0.2, 0.25) is 0 Å². The molecule has 4 aromatic rings. The van der Waals surface area contributed by atoms with E-state index in [1.165, 1.54) is 43.8 Å². The Balaban J connectivity index is 1.85. The van der Waals surface area contributed by atoms with Crippen LogP contribution in [0.25, 0.3) is 32.7 Å². The lowest BCUT2D eigenvalue weighted by Gasteiger charge is -2.43. The maximum absolute atomic E-state index is 6.55. The third-order valence-corrected chi connectivity index (χ3v) is 6.93. The third-order valence-electron chi connectivity index (χ3n) is 6.93. The molecule has 3 atom stereocenters. The molecule has 2 unspecified atom stereocenters. The lowest BCUT2D eigenvalue weighted by atomic mass is 9.77.